The molecule has 4 heteroatoms. The summed E-state index contributed by atoms with van der Waals surface area (Å²) < 4.78 is 5.37. The molecule has 0 spiro atoms. The standard InChI is InChI=1S/C14H20N2O2/c1-2-18-12-5-3-4-11(8-12)14(17)16-9-13(15)10-6-7-10/h3-5,8,10,13H,2,6-7,9,15H2,1H3,(H,16,17). The van der Waals surface area contributed by atoms with E-state index in [-0.39, 0.29) is 11.9 Å². The van der Waals surface area contributed by atoms with Crippen molar-refractivity contribution in [2.45, 2.75) is 25.8 Å². The van der Waals surface area contributed by atoms with Gasteiger partial charge in [-0.2, -0.15) is 0 Å². The Morgan fingerprint density at radius 3 is 3.00 bits per heavy atom. The van der Waals surface area contributed by atoms with Crippen LogP contribution in [-0.4, -0.2) is 25.1 Å². The van der Waals surface area contributed by atoms with Gasteiger partial charge in [0.1, 0.15) is 5.75 Å². The molecule has 0 radical (unpaired) electrons. The molecule has 1 aromatic carbocycles. The Hall–Kier alpha value is -1.55. The van der Waals surface area contributed by atoms with Gasteiger partial charge >= 0.3 is 0 Å². The Bertz CT molecular complexity index is 416. The van der Waals surface area contributed by atoms with Crippen molar-refractivity contribution in [2.24, 2.45) is 11.7 Å². The van der Waals surface area contributed by atoms with Crippen molar-refractivity contribution in [3.8, 4) is 5.75 Å². The van der Waals surface area contributed by atoms with Crippen LogP contribution >= 0.6 is 0 Å². The summed E-state index contributed by atoms with van der Waals surface area (Å²) >= 11 is 0. The molecule has 1 amide bonds. The number of carbonyl (C=O) groups is 1. The molecule has 0 aliphatic heterocycles. The van der Waals surface area contributed by atoms with E-state index in [9.17, 15) is 4.79 Å². The van der Waals surface area contributed by atoms with Crippen molar-refractivity contribution in [2.75, 3.05) is 13.2 Å². The summed E-state index contributed by atoms with van der Waals surface area (Å²) in [4.78, 5) is 11.9. The molecule has 2 rings (SSSR count). The van der Waals surface area contributed by atoms with E-state index in [0.29, 0.717) is 24.6 Å². The highest BCUT2D eigenvalue weighted by atomic mass is 16.5. The highest BCUT2D eigenvalue weighted by molar-refractivity contribution is 5.94. The highest BCUT2D eigenvalue weighted by Crippen LogP contribution is 2.31. The normalized spacial score (nSPS) is 16.1. The summed E-state index contributed by atoms with van der Waals surface area (Å²) in [7, 11) is 0. The van der Waals surface area contributed by atoms with Gasteiger partial charge in [0.2, 0.25) is 0 Å². The Labute approximate surface area is 108 Å². The molecule has 1 saturated carbocycles. The Morgan fingerprint density at radius 2 is 2.33 bits per heavy atom. The number of amides is 1. The second-order valence-corrected chi connectivity index (χ2v) is 4.67. The van der Waals surface area contributed by atoms with E-state index in [2.05, 4.69) is 5.32 Å². The van der Waals surface area contributed by atoms with Crippen LogP contribution in [0.4, 0.5) is 0 Å². The first-order valence-electron chi connectivity index (χ1n) is 6.47. The van der Waals surface area contributed by atoms with Gasteiger partial charge in [0, 0.05) is 18.2 Å². The molecule has 18 heavy (non-hydrogen) atoms. The van der Waals surface area contributed by atoms with Gasteiger partial charge in [-0.1, -0.05) is 6.07 Å². The molecule has 1 atom stereocenters. The van der Waals surface area contributed by atoms with Crippen LogP contribution in [-0.2, 0) is 0 Å². The number of nitrogens with one attached hydrogen (secondary N) is 1. The summed E-state index contributed by atoms with van der Waals surface area (Å²) in [6.45, 7) is 3.06. The number of carbonyl (C=O) groups excluding carboxylic acids is 1. The molecular weight excluding hydrogens is 228 g/mol. The van der Waals surface area contributed by atoms with Crippen LogP contribution in [0.25, 0.3) is 0 Å². The molecule has 1 fully saturated rings. The second kappa shape index (κ2) is 5.87. The van der Waals surface area contributed by atoms with Crippen molar-refractivity contribution in [3.05, 3.63) is 29.8 Å². The smallest absolute Gasteiger partial charge is 0.251 e. The van der Waals surface area contributed by atoms with Crippen molar-refractivity contribution in [1.29, 1.82) is 0 Å². The quantitative estimate of drug-likeness (QED) is 0.803. The molecule has 1 aliphatic carbocycles. The average molecular weight is 248 g/mol. The van der Waals surface area contributed by atoms with Crippen molar-refractivity contribution < 1.29 is 9.53 Å². The van der Waals surface area contributed by atoms with Gasteiger partial charge in [0.15, 0.2) is 0 Å². The molecule has 4 nitrogen and oxygen atoms in total. The summed E-state index contributed by atoms with van der Waals surface area (Å²) in [6.07, 6.45) is 2.38. The molecule has 0 saturated heterocycles. The molecule has 0 aromatic heterocycles. The average Bonchev–Trinajstić information content (AvgIpc) is 3.20. The predicted molar refractivity (Wildman–Crippen MR) is 70.6 cm³/mol. The van der Waals surface area contributed by atoms with E-state index in [0.717, 1.165) is 5.75 Å². The maximum atomic E-state index is 11.9. The molecule has 3 N–H and O–H groups in total. The molecular formula is C14H20N2O2. The van der Waals surface area contributed by atoms with Gasteiger partial charge in [-0.25, -0.2) is 0 Å². The third-order valence-corrected chi connectivity index (χ3v) is 3.13. The van der Waals surface area contributed by atoms with E-state index >= 15 is 0 Å². The van der Waals surface area contributed by atoms with Crippen LogP contribution in [0.1, 0.15) is 30.1 Å². The lowest BCUT2D eigenvalue weighted by Gasteiger charge is -2.12. The summed E-state index contributed by atoms with van der Waals surface area (Å²) in [5.41, 5.74) is 6.56. The monoisotopic (exact) mass is 248 g/mol. The van der Waals surface area contributed by atoms with Gasteiger partial charge in [0.05, 0.1) is 6.61 Å². The maximum absolute atomic E-state index is 11.9. The van der Waals surface area contributed by atoms with Gasteiger partial charge in [-0.05, 0) is 43.9 Å². The minimum Gasteiger partial charge on any atom is -0.494 e. The Morgan fingerprint density at radius 1 is 1.56 bits per heavy atom. The van der Waals surface area contributed by atoms with Crippen molar-refractivity contribution in [1.82, 2.24) is 5.32 Å². The summed E-state index contributed by atoms with van der Waals surface area (Å²) in [5.74, 6) is 1.23. The molecule has 1 aromatic rings. The van der Waals surface area contributed by atoms with Crippen LogP contribution in [0.5, 0.6) is 5.75 Å². The van der Waals surface area contributed by atoms with E-state index in [1.165, 1.54) is 12.8 Å². The van der Waals surface area contributed by atoms with Crippen molar-refractivity contribution >= 4 is 5.91 Å². The first-order chi connectivity index (χ1) is 8.70. The zero-order chi connectivity index (χ0) is 13.0. The van der Waals surface area contributed by atoms with Gasteiger partial charge < -0.3 is 15.8 Å². The lowest BCUT2D eigenvalue weighted by Crippen LogP contribution is -2.38. The van der Waals surface area contributed by atoms with Gasteiger partial charge in [-0.3, -0.25) is 4.79 Å². The Kier molecular flexibility index (Phi) is 4.20. The van der Waals surface area contributed by atoms with Gasteiger partial charge in [-0.15, -0.1) is 0 Å². The Balaban J connectivity index is 1.88. The fraction of sp³-hybridized carbons (Fsp3) is 0.500. The van der Waals surface area contributed by atoms with Gasteiger partial charge in [0.25, 0.3) is 5.91 Å². The molecule has 1 unspecified atom stereocenters. The number of ether oxygens (including phenoxy) is 1. The SMILES string of the molecule is CCOc1cccc(C(=O)NCC(N)C2CC2)c1. The third kappa shape index (κ3) is 3.47. The minimum atomic E-state index is -0.0901. The van der Waals surface area contributed by atoms with E-state index in [1.54, 1.807) is 12.1 Å². The zero-order valence-electron chi connectivity index (χ0n) is 10.7. The predicted octanol–water partition coefficient (Wildman–Crippen LogP) is 1.55. The summed E-state index contributed by atoms with van der Waals surface area (Å²) in [6, 6.07) is 7.28. The zero-order valence-corrected chi connectivity index (χ0v) is 10.7. The van der Waals surface area contributed by atoms with E-state index in [1.807, 2.05) is 19.1 Å². The van der Waals surface area contributed by atoms with Crippen LogP contribution in [0.15, 0.2) is 24.3 Å². The molecule has 0 bridgehead atoms. The number of benzene rings is 1. The van der Waals surface area contributed by atoms with E-state index < -0.39 is 0 Å². The fourth-order valence-electron chi connectivity index (χ4n) is 1.90. The van der Waals surface area contributed by atoms with Crippen LogP contribution in [0.2, 0.25) is 0 Å². The molecule has 98 valence electrons. The number of hydrogen-bond donors (Lipinski definition) is 2. The first kappa shape index (κ1) is 12.9. The van der Waals surface area contributed by atoms with Crippen LogP contribution in [0.3, 0.4) is 0 Å². The largest absolute Gasteiger partial charge is 0.494 e. The number of hydrogen-bond acceptors (Lipinski definition) is 3. The lowest BCUT2D eigenvalue weighted by molar-refractivity contribution is 0.0950. The minimum absolute atomic E-state index is 0.0871. The third-order valence-electron chi connectivity index (χ3n) is 3.13. The summed E-state index contributed by atoms with van der Waals surface area (Å²) in [5, 5.41) is 2.87. The maximum Gasteiger partial charge on any atom is 0.251 e. The lowest BCUT2D eigenvalue weighted by atomic mass is 10.1. The van der Waals surface area contributed by atoms with Crippen LogP contribution in [0, 0.1) is 5.92 Å². The molecule has 1 aliphatic rings. The topological polar surface area (TPSA) is 64.3 Å². The van der Waals surface area contributed by atoms with Crippen LogP contribution < -0.4 is 15.8 Å². The fourth-order valence-corrected chi connectivity index (χ4v) is 1.90. The first-order valence-corrected chi connectivity index (χ1v) is 6.47. The number of rotatable bonds is 6. The highest BCUT2D eigenvalue weighted by Gasteiger charge is 2.28. The van der Waals surface area contributed by atoms with Crippen molar-refractivity contribution in [3.63, 3.8) is 0 Å². The second-order valence-electron chi connectivity index (χ2n) is 4.67. The number of nitrogens with two attached hydrogens (primary N) is 1. The molecule has 0 heterocycles. The van der Waals surface area contributed by atoms with E-state index in [4.69, 9.17) is 10.5 Å².